The third kappa shape index (κ3) is 4.76. The molecule has 0 saturated heterocycles. The zero-order valence-corrected chi connectivity index (χ0v) is 12.9. The van der Waals surface area contributed by atoms with Crippen molar-refractivity contribution in [3.8, 4) is 0 Å². The van der Waals surface area contributed by atoms with E-state index in [-0.39, 0.29) is 36.8 Å². The summed E-state index contributed by atoms with van der Waals surface area (Å²) in [7, 11) is -2.31. The average Bonchev–Trinajstić information content (AvgIpc) is 2.37. The maximum atomic E-state index is 13.1. The Bertz CT molecular complexity index is 605. The molecular weight excluding hydrogens is 297 g/mol. The smallest absolute Gasteiger partial charge is 0.243 e. The molecule has 0 heterocycles. The number of aryl methyl sites for hydroxylation is 1. The van der Waals surface area contributed by atoms with Gasteiger partial charge >= 0.3 is 0 Å². The van der Waals surface area contributed by atoms with Crippen molar-refractivity contribution in [2.75, 3.05) is 26.8 Å². The van der Waals surface area contributed by atoms with Crippen LogP contribution in [-0.4, -0.2) is 45.4 Å². The quantitative estimate of drug-likeness (QED) is 0.554. The van der Waals surface area contributed by atoms with Gasteiger partial charge in [0.15, 0.2) is 0 Å². The van der Waals surface area contributed by atoms with Crippen molar-refractivity contribution in [1.29, 1.82) is 5.41 Å². The van der Waals surface area contributed by atoms with Crippen LogP contribution in [-0.2, 0) is 14.8 Å². The molecule has 6 nitrogen and oxygen atoms in total. The van der Waals surface area contributed by atoms with E-state index >= 15 is 0 Å². The molecule has 21 heavy (non-hydrogen) atoms. The second-order valence-electron chi connectivity index (χ2n) is 4.58. The van der Waals surface area contributed by atoms with E-state index in [1.807, 2.05) is 0 Å². The number of sulfonamides is 1. The summed E-state index contributed by atoms with van der Waals surface area (Å²) in [5, 5.41) is 7.22. The van der Waals surface area contributed by atoms with Crippen molar-refractivity contribution >= 4 is 15.9 Å². The number of rotatable bonds is 8. The molecule has 0 saturated carbocycles. The summed E-state index contributed by atoms with van der Waals surface area (Å²) < 4.78 is 44.5. The fraction of sp³-hybridized carbons (Fsp3) is 0.462. The van der Waals surface area contributed by atoms with Gasteiger partial charge in [-0.15, -0.1) is 0 Å². The fourth-order valence-corrected chi connectivity index (χ4v) is 3.46. The van der Waals surface area contributed by atoms with E-state index < -0.39 is 15.8 Å². The predicted octanol–water partition coefficient (Wildman–Crippen LogP) is 1.10. The maximum absolute atomic E-state index is 13.1. The lowest BCUT2D eigenvalue weighted by Gasteiger charge is -2.22. The van der Waals surface area contributed by atoms with Gasteiger partial charge in [0.1, 0.15) is 5.82 Å². The summed E-state index contributed by atoms with van der Waals surface area (Å²) in [6.07, 6.45) is 0.128. The van der Waals surface area contributed by atoms with E-state index in [9.17, 15) is 12.8 Å². The van der Waals surface area contributed by atoms with Crippen LogP contribution in [0.5, 0.6) is 0 Å². The van der Waals surface area contributed by atoms with Crippen molar-refractivity contribution in [2.45, 2.75) is 18.2 Å². The molecular formula is C13H20FN3O3S. The molecule has 0 fully saturated rings. The van der Waals surface area contributed by atoms with Gasteiger partial charge in [-0.2, -0.15) is 4.31 Å². The first-order valence-corrected chi connectivity index (χ1v) is 7.81. The number of nitrogens with two attached hydrogens (primary N) is 1. The minimum absolute atomic E-state index is 0.0450. The third-order valence-electron chi connectivity index (χ3n) is 2.93. The summed E-state index contributed by atoms with van der Waals surface area (Å²) in [4.78, 5) is 0.0450. The van der Waals surface area contributed by atoms with Gasteiger partial charge in [0.05, 0.1) is 17.3 Å². The van der Waals surface area contributed by atoms with E-state index in [0.717, 1.165) is 6.07 Å². The number of hydrogen-bond donors (Lipinski definition) is 2. The molecule has 0 amide bonds. The SMILES string of the molecule is COCCN(CCC(=N)N)S(=O)(=O)c1ccc(F)cc1C. The standard InChI is InChI=1S/C13H20FN3O3S/c1-10-9-11(14)3-4-12(10)21(18,19)17(7-8-20-2)6-5-13(15)16/h3-4,9H,5-8H2,1-2H3,(H3,15,16). The number of halogens is 1. The van der Waals surface area contributed by atoms with Crippen molar-refractivity contribution in [3.05, 3.63) is 29.6 Å². The first-order valence-electron chi connectivity index (χ1n) is 6.37. The number of nitrogens with one attached hydrogen (secondary N) is 1. The number of amidine groups is 1. The summed E-state index contributed by atoms with van der Waals surface area (Å²) >= 11 is 0. The Balaban J connectivity index is 3.09. The molecule has 1 aromatic rings. The van der Waals surface area contributed by atoms with Gasteiger partial charge in [-0.1, -0.05) is 0 Å². The first kappa shape index (κ1) is 17.5. The number of hydrogen-bond acceptors (Lipinski definition) is 4. The topological polar surface area (TPSA) is 96.5 Å². The Morgan fingerprint density at radius 3 is 2.62 bits per heavy atom. The number of ether oxygens (including phenoxy) is 1. The van der Waals surface area contributed by atoms with Gasteiger partial charge < -0.3 is 10.5 Å². The van der Waals surface area contributed by atoms with E-state index in [1.165, 1.54) is 30.5 Å². The zero-order chi connectivity index (χ0) is 16.0. The van der Waals surface area contributed by atoms with Gasteiger partial charge in [0.2, 0.25) is 10.0 Å². The van der Waals surface area contributed by atoms with Crippen LogP contribution in [0.25, 0.3) is 0 Å². The van der Waals surface area contributed by atoms with Gasteiger partial charge in [0.25, 0.3) is 0 Å². The van der Waals surface area contributed by atoms with Crippen LogP contribution in [0.2, 0.25) is 0 Å². The molecule has 0 unspecified atom stereocenters. The van der Waals surface area contributed by atoms with Crippen molar-refractivity contribution in [2.24, 2.45) is 5.73 Å². The van der Waals surface area contributed by atoms with Crippen LogP contribution in [0.3, 0.4) is 0 Å². The Morgan fingerprint density at radius 1 is 1.43 bits per heavy atom. The van der Waals surface area contributed by atoms with E-state index in [4.69, 9.17) is 15.9 Å². The number of benzene rings is 1. The normalized spacial score (nSPS) is 11.8. The molecule has 0 bridgehead atoms. The second kappa shape index (κ2) is 7.48. The predicted molar refractivity (Wildman–Crippen MR) is 78.3 cm³/mol. The monoisotopic (exact) mass is 317 g/mol. The van der Waals surface area contributed by atoms with E-state index in [2.05, 4.69) is 0 Å². The molecule has 0 atom stereocenters. The molecule has 1 rings (SSSR count). The van der Waals surface area contributed by atoms with Crippen LogP contribution < -0.4 is 5.73 Å². The van der Waals surface area contributed by atoms with Crippen LogP contribution in [0.1, 0.15) is 12.0 Å². The molecule has 3 N–H and O–H groups in total. The maximum Gasteiger partial charge on any atom is 0.243 e. The van der Waals surface area contributed by atoms with Crippen LogP contribution in [0.15, 0.2) is 23.1 Å². The van der Waals surface area contributed by atoms with Gasteiger partial charge in [-0.05, 0) is 30.7 Å². The lowest BCUT2D eigenvalue weighted by Crippen LogP contribution is -2.36. The second-order valence-corrected chi connectivity index (χ2v) is 6.49. The molecule has 8 heteroatoms. The summed E-state index contributed by atoms with van der Waals surface area (Å²) in [6.45, 7) is 1.98. The summed E-state index contributed by atoms with van der Waals surface area (Å²) in [6, 6.07) is 3.53. The van der Waals surface area contributed by atoms with Gasteiger partial charge in [-0.25, -0.2) is 12.8 Å². The molecule has 118 valence electrons. The van der Waals surface area contributed by atoms with Gasteiger partial charge in [0, 0.05) is 26.6 Å². The molecule has 0 spiro atoms. The third-order valence-corrected chi connectivity index (χ3v) is 4.99. The Hall–Kier alpha value is -1.51. The molecule has 0 radical (unpaired) electrons. The molecule has 0 aromatic heterocycles. The van der Waals surface area contributed by atoms with Gasteiger partial charge in [-0.3, -0.25) is 5.41 Å². The minimum atomic E-state index is -3.78. The highest BCUT2D eigenvalue weighted by atomic mass is 32.2. The Morgan fingerprint density at radius 2 is 2.10 bits per heavy atom. The Kier molecular flexibility index (Phi) is 6.25. The van der Waals surface area contributed by atoms with E-state index in [0.29, 0.717) is 5.56 Å². The van der Waals surface area contributed by atoms with Crippen molar-refractivity contribution < 1.29 is 17.5 Å². The van der Waals surface area contributed by atoms with E-state index in [1.54, 1.807) is 0 Å². The van der Waals surface area contributed by atoms with Crippen LogP contribution >= 0.6 is 0 Å². The van der Waals surface area contributed by atoms with Crippen LogP contribution in [0.4, 0.5) is 4.39 Å². The molecule has 0 aliphatic carbocycles. The molecule has 0 aliphatic rings. The number of methoxy groups -OCH3 is 1. The summed E-state index contributed by atoms with van der Waals surface area (Å²) in [5.41, 5.74) is 5.62. The molecule has 0 aliphatic heterocycles. The van der Waals surface area contributed by atoms with Crippen LogP contribution in [0, 0.1) is 18.2 Å². The molecule has 1 aromatic carbocycles. The average molecular weight is 317 g/mol. The van der Waals surface area contributed by atoms with Crippen molar-refractivity contribution in [3.63, 3.8) is 0 Å². The highest BCUT2D eigenvalue weighted by Crippen LogP contribution is 2.20. The fourth-order valence-electron chi connectivity index (χ4n) is 1.83. The highest BCUT2D eigenvalue weighted by Gasteiger charge is 2.25. The highest BCUT2D eigenvalue weighted by molar-refractivity contribution is 7.89. The largest absolute Gasteiger partial charge is 0.388 e. The zero-order valence-electron chi connectivity index (χ0n) is 12.1. The Labute approximate surface area is 124 Å². The minimum Gasteiger partial charge on any atom is -0.388 e. The lowest BCUT2D eigenvalue weighted by atomic mass is 10.2. The summed E-state index contributed by atoms with van der Waals surface area (Å²) in [5.74, 6) is -0.581. The number of nitrogens with zero attached hydrogens (tertiary/aromatic N) is 1. The van der Waals surface area contributed by atoms with Crippen molar-refractivity contribution in [1.82, 2.24) is 4.31 Å². The first-order chi connectivity index (χ1) is 9.78. The lowest BCUT2D eigenvalue weighted by molar-refractivity contribution is 0.179.